The van der Waals surface area contributed by atoms with Crippen molar-refractivity contribution in [2.45, 2.75) is 6.92 Å². The predicted molar refractivity (Wildman–Crippen MR) is 99.4 cm³/mol. The van der Waals surface area contributed by atoms with Gasteiger partial charge in [0.15, 0.2) is 0 Å². The Balaban J connectivity index is 1.80. The maximum atomic E-state index is 4.47. The first kappa shape index (κ1) is 14.6. The molecule has 0 saturated carbocycles. The number of nitrogens with zero attached hydrogens (tertiary/aromatic N) is 3. The number of benzene rings is 1. The second-order valence-corrected chi connectivity index (χ2v) is 6.15. The van der Waals surface area contributed by atoms with E-state index in [0.717, 1.165) is 33.8 Å². The number of rotatable bonds is 4. The molecule has 1 aromatic carbocycles. The Morgan fingerprint density at radius 3 is 2.67 bits per heavy atom. The molecule has 4 aromatic rings. The average Bonchev–Trinajstić information content (AvgIpc) is 3.12. The van der Waals surface area contributed by atoms with Gasteiger partial charge in [0, 0.05) is 39.9 Å². The molecule has 0 fully saturated rings. The fourth-order valence-electron chi connectivity index (χ4n) is 2.60. The Labute approximate surface area is 143 Å². The quantitative estimate of drug-likeness (QED) is 0.557. The van der Waals surface area contributed by atoms with E-state index in [1.54, 1.807) is 17.5 Å². The highest BCUT2D eigenvalue weighted by Crippen LogP contribution is 2.33. The minimum Gasteiger partial charge on any atom is -0.354 e. The standard InChI is InChI=1S/C18H15N5S/c1-12-2-3-15-14(17(12)22-13-6-9-24-10-13)4-8-20-18(15)23-16-5-7-19-11-21-16/h2-11,22H,1H3,(H,19,20,21,23). The van der Waals surface area contributed by atoms with Crippen LogP contribution < -0.4 is 10.6 Å². The number of hydrogen-bond donors (Lipinski definition) is 2. The third-order valence-electron chi connectivity index (χ3n) is 3.77. The van der Waals surface area contributed by atoms with Crippen LogP contribution in [-0.4, -0.2) is 15.0 Å². The van der Waals surface area contributed by atoms with Gasteiger partial charge in [-0.3, -0.25) is 0 Å². The number of anilines is 4. The fraction of sp³-hybridized carbons (Fsp3) is 0.0556. The monoisotopic (exact) mass is 333 g/mol. The molecule has 0 bridgehead atoms. The normalized spacial score (nSPS) is 10.7. The summed E-state index contributed by atoms with van der Waals surface area (Å²) >= 11 is 1.67. The predicted octanol–water partition coefficient (Wildman–Crippen LogP) is 4.88. The van der Waals surface area contributed by atoms with Gasteiger partial charge in [0.1, 0.15) is 18.0 Å². The summed E-state index contributed by atoms with van der Waals surface area (Å²) in [6.45, 7) is 2.10. The third kappa shape index (κ3) is 2.79. The third-order valence-corrected chi connectivity index (χ3v) is 4.46. The van der Waals surface area contributed by atoms with Crippen LogP contribution in [0.5, 0.6) is 0 Å². The first-order chi connectivity index (χ1) is 11.8. The van der Waals surface area contributed by atoms with Crippen LogP contribution in [0.25, 0.3) is 10.8 Å². The number of aromatic nitrogens is 3. The van der Waals surface area contributed by atoms with Crippen molar-refractivity contribution in [2.24, 2.45) is 0 Å². The molecule has 0 amide bonds. The van der Waals surface area contributed by atoms with Gasteiger partial charge in [-0.15, -0.1) is 0 Å². The molecule has 3 aromatic heterocycles. The van der Waals surface area contributed by atoms with Crippen LogP contribution in [0.3, 0.4) is 0 Å². The maximum Gasteiger partial charge on any atom is 0.139 e. The van der Waals surface area contributed by atoms with E-state index in [1.165, 1.54) is 11.9 Å². The molecule has 0 aliphatic heterocycles. The van der Waals surface area contributed by atoms with Gasteiger partial charge >= 0.3 is 0 Å². The Hall–Kier alpha value is -2.99. The summed E-state index contributed by atoms with van der Waals surface area (Å²) in [6.07, 6.45) is 5.03. The molecule has 0 radical (unpaired) electrons. The van der Waals surface area contributed by atoms with E-state index < -0.39 is 0 Å². The summed E-state index contributed by atoms with van der Waals surface area (Å²) in [4.78, 5) is 12.6. The number of fused-ring (bicyclic) bond motifs is 1. The molecule has 0 atom stereocenters. The second kappa shape index (κ2) is 6.25. The van der Waals surface area contributed by atoms with Crippen molar-refractivity contribution in [1.82, 2.24) is 15.0 Å². The van der Waals surface area contributed by atoms with Crippen LogP contribution in [0.1, 0.15) is 5.56 Å². The van der Waals surface area contributed by atoms with Crippen LogP contribution in [0.15, 0.2) is 59.8 Å². The molecule has 2 N–H and O–H groups in total. The van der Waals surface area contributed by atoms with Gasteiger partial charge < -0.3 is 10.6 Å². The molecule has 0 saturated heterocycles. The van der Waals surface area contributed by atoms with Crippen LogP contribution in [0.2, 0.25) is 0 Å². The number of pyridine rings is 1. The van der Waals surface area contributed by atoms with E-state index in [-0.39, 0.29) is 0 Å². The number of thiophene rings is 1. The van der Waals surface area contributed by atoms with Gasteiger partial charge in [-0.25, -0.2) is 15.0 Å². The number of nitrogens with one attached hydrogen (secondary N) is 2. The summed E-state index contributed by atoms with van der Waals surface area (Å²) in [5, 5.41) is 13.1. The highest BCUT2D eigenvalue weighted by Gasteiger charge is 2.10. The number of hydrogen-bond acceptors (Lipinski definition) is 6. The molecule has 5 nitrogen and oxygen atoms in total. The highest BCUT2D eigenvalue weighted by molar-refractivity contribution is 7.08. The van der Waals surface area contributed by atoms with Gasteiger partial charge in [0.25, 0.3) is 0 Å². The lowest BCUT2D eigenvalue weighted by molar-refractivity contribution is 1.16. The van der Waals surface area contributed by atoms with Gasteiger partial charge in [-0.1, -0.05) is 12.1 Å². The van der Waals surface area contributed by atoms with E-state index in [1.807, 2.05) is 18.3 Å². The second-order valence-electron chi connectivity index (χ2n) is 5.37. The van der Waals surface area contributed by atoms with E-state index in [0.29, 0.717) is 0 Å². The van der Waals surface area contributed by atoms with E-state index in [9.17, 15) is 0 Å². The summed E-state index contributed by atoms with van der Waals surface area (Å²) < 4.78 is 0. The average molecular weight is 333 g/mol. The van der Waals surface area contributed by atoms with Gasteiger partial charge in [0.2, 0.25) is 0 Å². The van der Waals surface area contributed by atoms with Crippen molar-refractivity contribution >= 4 is 45.1 Å². The lowest BCUT2D eigenvalue weighted by atomic mass is 10.1. The number of aryl methyl sites for hydroxylation is 1. The van der Waals surface area contributed by atoms with Crippen molar-refractivity contribution < 1.29 is 0 Å². The molecule has 4 rings (SSSR count). The Bertz CT molecular complexity index is 968. The van der Waals surface area contributed by atoms with Crippen molar-refractivity contribution in [1.29, 1.82) is 0 Å². The molecular formula is C18H15N5S. The summed E-state index contributed by atoms with van der Waals surface area (Å²) in [5.74, 6) is 1.50. The lowest BCUT2D eigenvalue weighted by Crippen LogP contribution is -1.99. The molecule has 0 aliphatic rings. The van der Waals surface area contributed by atoms with E-state index in [2.05, 4.69) is 61.5 Å². The first-order valence-corrected chi connectivity index (χ1v) is 8.46. The van der Waals surface area contributed by atoms with Crippen LogP contribution in [0, 0.1) is 6.92 Å². The van der Waals surface area contributed by atoms with Crippen molar-refractivity contribution in [2.75, 3.05) is 10.6 Å². The SMILES string of the molecule is Cc1ccc2c(Nc3ccncn3)nccc2c1Nc1ccsc1. The Morgan fingerprint density at radius 2 is 1.88 bits per heavy atom. The molecule has 0 aliphatic carbocycles. The molecule has 3 heterocycles. The topological polar surface area (TPSA) is 62.7 Å². The fourth-order valence-corrected chi connectivity index (χ4v) is 3.18. The minimum atomic E-state index is 0.720. The smallest absolute Gasteiger partial charge is 0.139 e. The summed E-state index contributed by atoms with van der Waals surface area (Å²) in [6, 6.07) is 10.1. The minimum absolute atomic E-state index is 0.720. The van der Waals surface area contributed by atoms with Gasteiger partial charge in [0.05, 0.1) is 0 Å². The van der Waals surface area contributed by atoms with Crippen molar-refractivity contribution in [3.8, 4) is 0 Å². The first-order valence-electron chi connectivity index (χ1n) is 7.52. The molecule has 118 valence electrons. The molecule has 24 heavy (non-hydrogen) atoms. The van der Waals surface area contributed by atoms with Gasteiger partial charge in [-0.05, 0) is 36.1 Å². The Kier molecular flexibility index (Phi) is 3.80. The van der Waals surface area contributed by atoms with Crippen molar-refractivity contribution in [3.05, 3.63) is 65.4 Å². The molecule has 0 spiro atoms. The molecule has 0 unspecified atom stereocenters. The zero-order valence-electron chi connectivity index (χ0n) is 13.0. The molecule has 6 heteroatoms. The lowest BCUT2D eigenvalue weighted by Gasteiger charge is -2.14. The Morgan fingerprint density at radius 1 is 0.917 bits per heavy atom. The van der Waals surface area contributed by atoms with Crippen molar-refractivity contribution in [3.63, 3.8) is 0 Å². The van der Waals surface area contributed by atoms with E-state index >= 15 is 0 Å². The molecular weight excluding hydrogens is 318 g/mol. The van der Waals surface area contributed by atoms with Crippen LogP contribution in [0.4, 0.5) is 23.0 Å². The zero-order valence-corrected chi connectivity index (χ0v) is 13.8. The van der Waals surface area contributed by atoms with Gasteiger partial charge in [-0.2, -0.15) is 11.3 Å². The highest BCUT2D eigenvalue weighted by atomic mass is 32.1. The van der Waals surface area contributed by atoms with Crippen LogP contribution >= 0.6 is 11.3 Å². The zero-order chi connectivity index (χ0) is 16.4. The summed E-state index contributed by atoms with van der Waals surface area (Å²) in [7, 11) is 0. The summed E-state index contributed by atoms with van der Waals surface area (Å²) in [5.41, 5.74) is 3.38. The maximum absolute atomic E-state index is 4.47. The largest absolute Gasteiger partial charge is 0.354 e. The van der Waals surface area contributed by atoms with E-state index in [4.69, 9.17) is 0 Å². The van der Waals surface area contributed by atoms with Crippen LogP contribution in [-0.2, 0) is 0 Å².